The predicted octanol–water partition coefficient (Wildman–Crippen LogP) is 1.03. The number of aryl methyl sites for hydroxylation is 1. The predicted molar refractivity (Wildman–Crippen MR) is 78.3 cm³/mol. The zero-order chi connectivity index (χ0) is 13.9. The smallest absolute Gasteiger partial charge is 0.241 e. The Morgan fingerprint density at radius 3 is 2.50 bits per heavy atom. The zero-order valence-electron chi connectivity index (χ0n) is 11.4. The zero-order valence-corrected chi connectivity index (χ0v) is 13.1. The quantitative estimate of drug-likeness (QED) is 0.765. The normalized spacial score (nSPS) is 13.1. The molecule has 2 N–H and O–H groups in total. The van der Waals surface area contributed by atoms with Crippen molar-refractivity contribution in [2.45, 2.75) is 18.7 Å². The van der Waals surface area contributed by atoms with Crippen molar-refractivity contribution in [2.24, 2.45) is 0 Å². The van der Waals surface area contributed by atoms with Gasteiger partial charge in [-0.15, -0.1) is 12.4 Å². The third kappa shape index (κ3) is 3.76. The number of ether oxygens (including phenoxy) is 2. The Labute approximate surface area is 125 Å². The number of rotatable bonds is 6. The van der Waals surface area contributed by atoms with Crippen LogP contribution in [-0.4, -0.2) is 34.8 Å². The summed E-state index contributed by atoms with van der Waals surface area (Å²) < 4.78 is 37.3. The van der Waals surface area contributed by atoms with Crippen LogP contribution in [0, 0.1) is 6.92 Å². The second kappa shape index (κ2) is 7.12. The number of nitrogens with one attached hydrogen (secondary N) is 2. The van der Waals surface area contributed by atoms with E-state index in [-0.39, 0.29) is 24.1 Å². The molecule has 1 aromatic rings. The second-order valence-electron chi connectivity index (χ2n) is 4.22. The summed E-state index contributed by atoms with van der Waals surface area (Å²) in [5.74, 6) is 1.06. The first-order chi connectivity index (χ1) is 9.04. The van der Waals surface area contributed by atoms with Gasteiger partial charge >= 0.3 is 0 Å². The average Bonchev–Trinajstić information content (AvgIpc) is 2.80. The lowest BCUT2D eigenvalue weighted by Gasteiger charge is -2.10. The molecule has 20 heavy (non-hydrogen) atoms. The molecule has 1 aromatic carbocycles. The summed E-state index contributed by atoms with van der Waals surface area (Å²) in [6.45, 7) is 5.59. The van der Waals surface area contributed by atoms with Crippen LogP contribution in [-0.2, 0) is 10.0 Å². The average molecular weight is 323 g/mol. The SMILES string of the molecule is CCNCCNS(=O)(=O)c1cc2c(cc1C)OCO2.Cl. The maximum Gasteiger partial charge on any atom is 0.241 e. The minimum Gasteiger partial charge on any atom is -0.454 e. The number of benzene rings is 1. The minimum absolute atomic E-state index is 0. The van der Waals surface area contributed by atoms with E-state index in [1.807, 2.05) is 6.92 Å². The Bertz CT molecular complexity index is 563. The highest BCUT2D eigenvalue weighted by Crippen LogP contribution is 2.35. The molecule has 1 aliphatic rings. The molecule has 0 saturated carbocycles. The number of likely N-dealkylation sites (N-methyl/N-ethyl adjacent to an activating group) is 1. The molecule has 0 unspecified atom stereocenters. The van der Waals surface area contributed by atoms with Gasteiger partial charge in [0.05, 0.1) is 4.90 Å². The number of hydrogen-bond acceptors (Lipinski definition) is 5. The van der Waals surface area contributed by atoms with Crippen LogP contribution in [0.2, 0.25) is 0 Å². The molecular weight excluding hydrogens is 304 g/mol. The van der Waals surface area contributed by atoms with Crippen LogP contribution in [0.4, 0.5) is 0 Å². The van der Waals surface area contributed by atoms with E-state index in [0.29, 0.717) is 30.2 Å². The van der Waals surface area contributed by atoms with E-state index in [2.05, 4.69) is 10.0 Å². The first kappa shape index (κ1) is 17.0. The summed E-state index contributed by atoms with van der Waals surface area (Å²) in [7, 11) is -3.52. The highest BCUT2D eigenvalue weighted by Gasteiger charge is 2.22. The maximum atomic E-state index is 12.2. The third-order valence-corrected chi connectivity index (χ3v) is 4.41. The lowest BCUT2D eigenvalue weighted by Crippen LogP contribution is -2.32. The van der Waals surface area contributed by atoms with E-state index in [1.54, 1.807) is 13.0 Å². The van der Waals surface area contributed by atoms with Crippen molar-refractivity contribution < 1.29 is 17.9 Å². The molecule has 0 saturated heterocycles. The van der Waals surface area contributed by atoms with E-state index in [1.165, 1.54) is 6.07 Å². The first-order valence-corrected chi connectivity index (χ1v) is 7.63. The number of hydrogen-bond donors (Lipinski definition) is 2. The van der Waals surface area contributed by atoms with Crippen molar-refractivity contribution in [3.8, 4) is 11.5 Å². The fraction of sp³-hybridized carbons (Fsp3) is 0.500. The van der Waals surface area contributed by atoms with Crippen molar-refractivity contribution >= 4 is 22.4 Å². The van der Waals surface area contributed by atoms with Crippen LogP contribution >= 0.6 is 12.4 Å². The van der Waals surface area contributed by atoms with Crippen LogP contribution < -0.4 is 19.5 Å². The van der Waals surface area contributed by atoms with E-state index >= 15 is 0 Å². The lowest BCUT2D eigenvalue weighted by molar-refractivity contribution is 0.174. The number of fused-ring (bicyclic) bond motifs is 1. The molecule has 0 aliphatic carbocycles. The van der Waals surface area contributed by atoms with Crippen LogP contribution in [0.3, 0.4) is 0 Å². The molecule has 1 aliphatic heterocycles. The monoisotopic (exact) mass is 322 g/mol. The van der Waals surface area contributed by atoms with Gasteiger partial charge in [-0.05, 0) is 25.1 Å². The van der Waals surface area contributed by atoms with E-state index in [0.717, 1.165) is 6.54 Å². The van der Waals surface area contributed by atoms with Gasteiger partial charge in [0.1, 0.15) is 0 Å². The summed E-state index contributed by atoms with van der Waals surface area (Å²) in [6, 6.07) is 3.19. The number of sulfonamides is 1. The van der Waals surface area contributed by atoms with Crippen molar-refractivity contribution in [3.63, 3.8) is 0 Å². The molecule has 1 heterocycles. The fourth-order valence-corrected chi connectivity index (χ4v) is 3.11. The van der Waals surface area contributed by atoms with Crippen molar-refractivity contribution in [3.05, 3.63) is 17.7 Å². The van der Waals surface area contributed by atoms with E-state index in [4.69, 9.17) is 9.47 Å². The van der Waals surface area contributed by atoms with Gasteiger partial charge in [-0.1, -0.05) is 6.92 Å². The summed E-state index contributed by atoms with van der Waals surface area (Å²) >= 11 is 0. The summed E-state index contributed by atoms with van der Waals surface area (Å²) in [4.78, 5) is 0.230. The molecule has 0 aromatic heterocycles. The third-order valence-electron chi connectivity index (χ3n) is 2.80. The van der Waals surface area contributed by atoms with Gasteiger partial charge in [-0.25, -0.2) is 13.1 Å². The van der Waals surface area contributed by atoms with Crippen molar-refractivity contribution in [1.82, 2.24) is 10.0 Å². The van der Waals surface area contributed by atoms with Gasteiger partial charge in [-0.2, -0.15) is 0 Å². The first-order valence-electron chi connectivity index (χ1n) is 6.15. The molecule has 0 spiro atoms. The second-order valence-corrected chi connectivity index (χ2v) is 5.96. The Morgan fingerprint density at radius 1 is 1.20 bits per heavy atom. The van der Waals surface area contributed by atoms with E-state index < -0.39 is 10.0 Å². The summed E-state index contributed by atoms with van der Waals surface area (Å²) in [5.41, 5.74) is 0.639. The highest BCUT2D eigenvalue weighted by molar-refractivity contribution is 7.89. The van der Waals surface area contributed by atoms with Gasteiger partial charge in [0.2, 0.25) is 16.8 Å². The largest absolute Gasteiger partial charge is 0.454 e. The van der Waals surface area contributed by atoms with Gasteiger partial charge in [0, 0.05) is 19.2 Å². The fourth-order valence-electron chi connectivity index (χ4n) is 1.84. The van der Waals surface area contributed by atoms with Crippen LogP contribution in [0.25, 0.3) is 0 Å². The van der Waals surface area contributed by atoms with Gasteiger partial charge in [0.15, 0.2) is 11.5 Å². The Kier molecular flexibility index (Phi) is 6.07. The highest BCUT2D eigenvalue weighted by atomic mass is 35.5. The van der Waals surface area contributed by atoms with Gasteiger partial charge in [0.25, 0.3) is 0 Å². The topological polar surface area (TPSA) is 76.7 Å². The number of halogens is 1. The Morgan fingerprint density at radius 2 is 1.85 bits per heavy atom. The Balaban J connectivity index is 0.00000200. The maximum absolute atomic E-state index is 12.2. The molecule has 8 heteroatoms. The minimum atomic E-state index is -3.52. The lowest BCUT2D eigenvalue weighted by atomic mass is 10.2. The summed E-state index contributed by atoms with van der Waals surface area (Å²) in [6.07, 6.45) is 0. The van der Waals surface area contributed by atoms with E-state index in [9.17, 15) is 8.42 Å². The van der Waals surface area contributed by atoms with Gasteiger partial charge < -0.3 is 14.8 Å². The molecule has 0 radical (unpaired) electrons. The molecule has 0 atom stereocenters. The molecular formula is C12H19ClN2O4S. The van der Waals surface area contributed by atoms with Crippen LogP contribution in [0.1, 0.15) is 12.5 Å². The van der Waals surface area contributed by atoms with Crippen LogP contribution in [0.5, 0.6) is 11.5 Å². The standard InChI is InChI=1S/C12H18N2O4S.ClH/c1-3-13-4-5-14-19(15,16)12-7-11-10(6-9(12)2)17-8-18-11;/h6-7,13-14H,3-5,8H2,1-2H3;1H. The molecule has 2 rings (SSSR count). The van der Waals surface area contributed by atoms with Crippen molar-refractivity contribution in [1.29, 1.82) is 0 Å². The molecule has 0 amide bonds. The van der Waals surface area contributed by atoms with Gasteiger partial charge in [-0.3, -0.25) is 0 Å². The summed E-state index contributed by atoms with van der Waals surface area (Å²) in [5, 5.41) is 3.06. The molecule has 114 valence electrons. The Hall–Kier alpha value is -1.02. The van der Waals surface area contributed by atoms with Crippen LogP contribution in [0.15, 0.2) is 17.0 Å². The molecule has 0 fully saturated rings. The molecule has 0 bridgehead atoms. The molecule has 6 nitrogen and oxygen atoms in total. The van der Waals surface area contributed by atoms with Crippen molar-refractivity contribution in [2.75, 3.05) is 26.4 Å².